The van der Waals surface area contributed by atoms with Crippen LogP contribution in [0.25, 0.3) is 0 Å². The lowest BCUT2D eigenvalue weighted by atomic mass is 9.77. The maximum Gasteiger partial charge on any atom is 0.0645 e. The highest BCUT2D eigenvalue weighted by molar-refractivity contribution is 6.42. The van der Waals surface area contributed by atoms with Gasteiger partial charge in [0.05, 0.1) is 16.1 Å². The second-order valence-electron chi connectivity index (χ2n) is 5.97. The van der Waals surface area contributed by atoms with Crippen LogP contribution in [0, 0.1) is 5.92 Å². The van der Waals surface area contributed by atoms with Crippen LogP contribution in [0.2, 0.25) is 20.1 Å². The smallest absolute Gasteiger partial charge is 0.0645 e. The molecule has 0 bridgehead atoms. The van der Waals surface area contributed by atoms with Gasteiger partial charge in [-0.25, -0.2) is 0 Å². The first-order chi connectivity index (χ1) is 11.1. The molecule has 0 aromatic heterocycles. The van der Waals surface area contributed by atoms with Gasteiger partial charge in [-0.2, -0.15) is 0 Å². The Kier molecular flexibility index (Phi) is 4.01. The van der Waals surface area contributed by atoms with E-state index in [0.717, 1.165) is 23.2 Å². The van der Waals surface area contributed by atoms with Crippen molar-refractivity contribution in [2.45, 2.75) is 18.4 Å². The number of benzene rings is 2. The molecule has 23 heavy (non-hydrogen) atoms. The molecule has 1 N–H and O–H groups in total. The Hall–Kier alpha value is -0.860. The second-order valence-corrected chi connectivity index (χ2v) is 7.60. The molecule has 2 aliphatic rings. The minimum Gasteiger partial charge on any atom is -0.378 e. The van der Waals surface area contributed by atoms with Crippen molar-refractivity contribution in [2.24, 2.45) is 5.92 Å². The van der Waals surface area contributed by atoms with Crippen LogP contribution < -0.4 is 5.32 Å². The Labute approximate surface area is 155 Å². The first kappa shape index (κ1) is 15.7. The van der Waals surface area contributed by atoms with Crippen LogP contribution in [0.4, 0.5) is 5.69 Å². The molecule has 1 heterocycles. The highest BCUT2D eigenvalue weighted by Gasteiger charge is 2.40. The summed E-state index contributed by atoms with van der Waals surface area (Å²) in [6.45, 7) is 0. The summed E-state index contributed by atoms with van der Waals surface area (Å²) in [7, 11) is 0. The molecule has 0 saturated carbocycles. The lowest BCUT2D eigenvalue weighted by Crippen LogP contribution is -2.29. The summed E-state index contributed by atoms with van der Waals surface area (Å²) in [4.78, 5) is 0. The minimum absolute atomic E-state index is 0.0724. The number of rotatable bonds is 1. The predicted octanol–water partition coefficient (Wildman–Crippen LogP) is 7.13. The molecule has 0 amide bonds. The van der Waals surface area contributed by atoms with Crippen LogP contribution in [0.1, 0.15) is 29.5 Å². The van der Waals surface area contributed by atoms with E-state index in [9.17, 15) is 0 Å². The molecule has 1 aliphatic heterocycles. The summed E-state index contributed by atoms with van der Waals surface area (Å²) in [5, 5.41) is 6.09. The third-order valence-electron chi connectivity index (χ3n) is 4.70. The Morgan fingerprint density at radius 1 is 1.00 bits per heavy atom. The first-order valence-corrected chi connectivity index (χ1v) is 8.93. The molecule has 3 atom stereocenters. The van der Waals surface area contributed by atoms with E-state index in [1.54, 1.807) is 6.07 Å². The van der Waals surface area contributed by atoms with Crippen molar-refractivity contribution >= 4 is 52.1 Å². The summed E-state index contributed by atoms with van der Waals surface area (Å²) in [5.74, 6) is 0.619. The predicted molar refractivity (Wildman–Crippen MR) is 99.3 cm³/mol. The second kappa shape index (κ2) is 5.89. The zero-order valence-corrected chi connectivity index (χ0v) is 15.0. The Bertz CT molecular complexity index is 815. The molecule has 1 aliphatic carbocycles. The van der Waals surface area contributed by atoms with Gasteiger partial charge >= 0.3 is 0 Å². The molecule has 2 aromatic carbocycles. The number of allylic oxidation sites excluding steroid dienone is 2. The van der Waals surface area contributed by atoms with E-state index < -0.39 is 0 Å². The van der Waals surface area contributed by atoms with Crippen molar-refractivity contribution in [2.75, 3.05) is 5.32 Å². The van der Waals surface area contributed by atoms with Crippen molar-refractivity contribution < 1.29 is 0 Å². The molecule has 0 unspecified atom stereocenters. The van der Waals surface area contributed by atoms with Crippen LogP contribution in [0.15, 0.2) is 42.5 Å². The first-order valence-electron chi connectivity index (χ1n) is 7.42. The monoisotopic (exact) mass is 383 g/mol. The summed E-state index contributed by atoms with van der Waals surface area (Å²) in [6.07, 6.45) is 5.42. The quantitative estimate of drug-likeness (QED) is 0.515. The number of fused-ring (bicyclic) bond motifs is 3. The van der Waals surface area contributed by atoms with Crippen molar-refractivity contribution in [1.82, 2.24) is 0 Å². The molecule has 5 heteroatoms. The highest BCUT2D eigenvalue weighted by Crippen LogP contribution is 2.53. The number of halogens is 4. The standard InChI is InChI=1S/C18H13Cl4N/c19-9-7-14(21)16-10-3-1-4-11(10)18(23-15(16)8-9)12-5-2-6-13(20)17(12)22/h1-3,5-8,10-11,18,23H,4H2/t10-,11+,18-/m0/s1. The summed E-state index contributed by atoms with van der Waals surface area (Å²) in [5.41, 5.74) is 3.10. The van der Waals surface area contributed by atoms with E-state index in [0.29, 0.717) is 26.0 Å². The van der Waals surface area contributed by atoms with Crippen molar-refractivity contribution in [3.05, 3.63) is 73.7 Å². The molecule has 118 valence electrons. The molecule has 2 aromatic rings. The van der Waals surface area contributed by atoms with E-state index in [2.05, 4.69) is 17.5 Å². The summed E-state index contributed by atoms with van der Waals surface area (Å²) >= 11 is 25.3. The van der Waals surface area contributed by atoms with E-state index in [1.807, 2.05) is 24.3 Å². The molecule has 0 radical (unpaired) electrons. The van der Waals surface area contributed by atoms with Gasteiger partial charge in [0.25, 0.3) is 0 Å². The van der Waals surface area contributed by atoms with Gasteiger partial charge in [-0.1, -0.05) is 70.7 Å². The van der Waals surface area contributed by atoms with E-state index in [1.165, 1.54) is 0 Å². The lowest BCUT2D eigenvalue weighted by molar-refractivity contribution is 0.426. The van der Waals surface area contributed by atoms with Gasteiger partial charge in [-0.05, 0) is 36.1 Å². The van der Waals surface area contributed by atoms with E-state index >= 15 is 0 Å². The summed E-state index contributed by atoms with van der Waals surface area (Å²) in [6, 6.07) is 9.57. The average Bonchev–Trinajstić information content (AvgIpc) is 2.98. The van der Waals surface area contributed by atoms with Gasteiger partial charge in [0.1, 0.15) is 0 Å². The summed E-state index contributed by atoms with van der Waals surface area (Å²) < 4.78 is 0. The SMILES string of the molecule is Clc1cc(Cl)c2c(c1)N[C@H](c1cccc(Cl)c1Cl)[C@@H]1CC=C[C@H]21. The molecule has 0 fully saturated rings. The van der Waals surface area contributed by atoms with Gasteiger partial charge < -0.3 is 5.32 Å². The number of hydrogen-bond acceptors (Lipinski definition) is 1. The number of nitrogens with one attached hydrogen (secondary N) is 1. The third-order valence-corrected chi connectivity index (χ3v) is 6.06. The van der Waals surface area contributed by atoms with Crippen LogP contribution in [0.3, 0.4) is 0 Å². The molecule has 0 saturated heterocycles. The van der Waals surface area contributed by atoms with E-state index in [4.69, 9.17) is 46.4 Å². The van der Waals surface area contributed by atoms with Crippen LogP contribution in [0.5, 0.6) is 0 Å². The van der Waals surface area contributed by atoms with Gasteiger partial charge in [0, 0.05) is 27.2 Å². The fourth-order valence-electron chi connectivity index (χ4n) is 3.71. The molecular weight excluding hydrogens is 372 g/mol. The van der Waals surface area contributed by atoms with Gasteiger partial charge in [-0.15, -0.1) is 0 Å². The van der Waals surface area contributed by atoms with Crippen LogP contribution in [-0.2, 0) is 0 Å². The van der Waals surface area contributed by atoms with Gasteiger partial charge in [-0.3, -0.25) is 0 Å². The third kappa shape index (κ3) is 2.55. The Morgan fingerprint density at radius 3 is 2.65 bits per heavy atom. The van der Waals surface area contributed by atoms with Crippen molar-refractivity contribution in [3.8, 4) is 0 Å². The normalized spacial score (nSPS) is 25.0. The average molecular weight is 385 g/mol. The highest BCUT2D eigenvalue weighted by atomic mass is 35.5. The lowest BCUT2D eigenvalue weighted by Gasteiger charge is -2.38. The van der Waals surface area contributed by atoms with Crippen molar-refractivity contribution in [3.63, 3.8) is 0 Å². The number of anilines is 1. The molecule has 4 rings (SSSR count). The molecule has 1 nitrogen and oxygen atoms in total. The van der Waals surface area contributed by atoms with Crippen molar-refractivity contribution in [1.29, 1.82) is 0 Å². The Morgan fingerprint density at radius 2 is 1.83 bits per heavy atom. The van der Waals surface area contributed by atoms with E-state index in [-0.39, 0.29) is 12.0 Å². The Balaban J connectivity index is 1.86. The van der Waals surface area contributed by atoms with Crippen LogP contribution in [-0.4, -0.2) is 0 Å². The zero-order chi connectivity index (χ0) is 16.1. The maximum absolute atomic E-state index is 6.46. The topological polar surface area (TPSA) is 12.0 Å². The molecular formula is C18H13Cl4N. The fourth-order valence-corrected chi connectivity index (χ4v) is 4.76. The van der Waals surface area contributed by atoms with Gasteiger partial charge in [0.2, 0.25) is 0 Å². The largest absolute Gasteiger partial charge is 0.378 e. The van der Waals surface area contributed by atoms with Gasteiger partial charge in [0.15, 0.2) is 0 Å². The maximum atomic E-state index is 6.46. The van der Waals surface area contributed by atoms with Crippen LogP contribution >= 0.6 is 46.4 Å². The zero-order valence-electron chi connectivity index (χ0n) is 12.0. The molecule has 0 spiro atoms. The fraction of sp³-hybridized carbons (Fsp3) is 0.222. The number of hydrogen-bond donors (Lipinski definition) is 1. The minimum atomic E-state index is 0.0724.